The van der Waals surface area contributed by atoms with E-state index in [1.807, 2.05) is 19.9 Å². The molecule has 0 spiro atoms. The summed E-state index contributed by atoms with van der Waals surface area (Å²) in [7, 11) is 0. The topological polar surface area (TPSA) is 28.0 Å². The molecule has 0 aliphatic carbocycles. The van der Waals surface area contributed by atoms with E-state index < -0.39 is 0 Å². The van der Waals surface area contributed by atoms with Gasteiger partial charge in [0.2, 0.25) is 0 Å². The monoisotopic (exact) mass is 307 g/mol. The molecule has 0 saturated carbocycles. The van der Waals surface area contributed by atoms with Crippen LogP contribution in [0.1, 0.15) is 23.6 Å². The minimum absolute atomic E-state index is 0.223. The third kappa shape index (κ3) is 2.25. The second-order valence-electron chi connectivity index (χ2n) is 6.10. The van der Waals surface area contributed by atoms with Crippen LogP contribution in [0.15, 0.2) is 52.4 Å². The summed E-state index contributed by atoms with van der Waals surface area (Å²) >= 11 is 0. The summed E-state index contributed by atoms with van der Waals surface area (Å²) in [6.07, 6.45) is 0. The molecule has 0 N–H and O–H groups in total. The van der Waals surface area contributed by atoms with E-state index in [0.717, 1.165) is 34.9 Å². The van der Waals surface area contributed by atoms with Crippen LogP contribution in [0, 0.1) is 12.7 Å². The van der Waals surface area contributed by atoms with Crippen LogP contribution in [0.3, 0.4) is 0 Å². The number of aryl methyl sites for hydroxylation is 1. The van der Waals surface area contributed by atoms with Gasteiger partial charge in [0.25, 0.3) is 0 Å². The molecule has 116 valence electrons. The third-order valence-electron chi connectivity index (χ3n) is 4.50. The second kappa shape index (κ2) is 5.30. The van der Waals surface area contributed by atoms with Crippen molar-refractivity contribution >= 4 is 17.2 Å². The first kappa shape index (κ1) is 14.1. The highest BCUT2D eigenvalue weighted by Crippen LogP contribution is 2.32. The van der Waals surface area contributed by atoms with Crippen molar-refractivity contribution in [3.05, 3.63) is 65.0 Å². The third-order valence-corrected chi connectivity index (χ3v) is 4.50. The van der Waals surface area contributed by atoms with E-state index >= 15 is 0 Å². The first-order valence-electron chi connectivity index (χ1n) is 7.86. The highest BCUT2D eigenvalue weighted by molar-refractivity contribution is 6.18. The van der Waals surface area contributed by atoms with Crippen LogP contribution >= 0.6 is 0 Å². The lowest BCUT2D eigenvalue weighted by Crippen LogP contribution is -2.37. The molecule has 1 atom stereocenters. The van der Waals surface area contributed by atoms with Crippen molar-refractivity contribution in [3.63, 3.8) is 0 Å². The van der Waals surface area contributed by atoms with Gasteiger partial charge in [-0.1, -0.05) is 23.8 Å². The van der Waals surface area contributed by atoms with E-state index in [1.54, 1.807) is 12.1 Å². The fraction of sp³-hybridized carbons (Fsp3) is 0.263. The summed E-state index contributed by atoms with van der Waals surface area (Å²) in [5.41, 5.74) is 4.49. The number of benzene rings is 2. The predicted octanol–water partition coefficient (Wildman–Crippen LogP) is 3.59. The maximum absolute atomic E-state index is 14.4. The fourth-order valence-electron chi connectivity index (χ4n) is 3.38. The molecule has 2 aliphatic heterocycles. The highest BCUT2D eigenvalue weighted by Gasteiger charge is 2.32. The highest BCUT2D eigenvalue weighted by atomic mass is 19.1. The molecular weight excluding hydrogens is 289 g/mol. The van der Waals surface area contributed by atoms with E-state index in [1.165, 1.54) is 6.07 Å². The molecule has 2 aliphatic rings. The number of hydrogen-bond acceptors (Lipinski definition) is 3. The average Bonchev–Trinajstić information content (AvgIpc) is 2.82. The van der Waals surface area contributed by atoms with Crippen molar-refractivity contribution in [3.8, 4) is 0 Å². The molecule has 0 aromatic heterocycles. The number of amidine groups is 1. The van der Waals surface area contributed by atoms with Gasteiger partial charge >= 0.3 is 0 Å². The van der Waals surface area contributed by atoms with Crippen LogP contribution in [0.2, 0.25) is 0 Å². The van der Waals surface area contributed by atoms with Gasteiger partial charge in [0.05, 0.1) is 30.5 Å². The lowest BCUT2D eigenvalue weighted by molar-refractivity contribution is 0.625. The van der Waals surface area contributed by atoms with Crippen LogP contribution in [0.4, 0.5) is 10.1 Å². The summed E-state index contributed by atoms with van der Waals surface area (Å²) in [6, 6.07) is 13.4. The first-order chi connectivity index (χ1) is 11.1. The number of rotatable bonds is 1. The summed E-state index contributed by atoms with van der Waals surface area (Å²) in [5.74, 6) is 0.774. The molecule has 4 heteroatoms. The van der Waals surface area contributed by atoms with Crippen LogP contribution in [-0.2, 0) is 0 Å². The van der Waals surface area contributed by atoms with Crippen LogP contribution in [0.25, 0.3) is 0 Å². The molecule has 23 heavy (non-hydrogen) atoms. The maximum Gasteiger partial charge on any atom is 0.132 e. The Morgan fingerprint density at radius 3 is 2.61 bits per heavy atom. The number of anilines is 1. The van der Waals surface area contributed by atoms with Gasteiger partial charge in [-0.25, -0.2) is 4.39 Å². The molecule has 2 aromatic carbocycles. The summed E-state index contributed by atoms with van der Waals surface area (Å²) in [6.45, 7) is 5.44. The van der Waals surface area contributed by atoms with Crippen molar-refractivity contribution in [2.75, 3.05) is 18.0 Å². The van der Waals surface area contributed by atoms with Gasteiger partial charge in [-0.15, -0.1) is 0 Å². The van der Waals surface area contributed by atoms with E-state index in [0.29, 0.717) is 12.1 Å². The molecule has 1 unspecified atom stereocenters. The standard InChI is InChI=1S/C19H18FN3/c1-12-7-8-18-16(9-12)19(15-5-3-4-6-17(15)20)22-11-14-10-21-13(2)23(14)18/h3-9,14H,10-11H2,1-2H3. The van der Waals surface area contributed by atoms with Gasteiger partial charge < -0.3 is 4.90 Å². The van der Waals surface area contributed by atoms with Gasteiger partial charge in [0.15, 0.2) is 0 Å². The van der Waals surface area contributed by atoms with Gasteiger partial charge in [0.1, 0.15) is 11.7 Å². The fourth-order valence-corrected chi connectivity index (χ4v) is 3.38. The zero-order valence-corrected chi connectivity index (χ0v) is 13.3. The number of hydrogen-bond donors (Lipinski definition) is 0. The summed E-state index contributed by atoms with van der Waals surface area (Å²) in [4.78, 5) is 11.6. The van der Waals surface area contributed by atoms with Gasteiger partial charge in [0, 0.05) is 11.1 Å². The van der Waals surface area contributed by atoms with Crippen LogP contribution < -0.4 is 4.90 Å². The maximum atomic E-state index is 14.4. The molecule has 0 bridgehead atoms. The van der Waals surface area contributed by atoms with Crippen LogP contribution in [-0.4, -0.2) is 30.7 Å². The Morgan fingerprint density at radius 2 is 1.78 bits per heavy atom. The van der Waals surface area contributed by atoms with Gasteiger partial charge in [-0.2, -0.15) is 0 Å². The second-order valence-corrected chi connectivity index (χ2v) is 6.10. The molecule has 0 saturated heterocycles. The van der Waals surface area contributed by atoms with E-state index in [-0.39, 0.29) is 11.9 Å². The minimum Gasteiger partial charge on any atom is -0.323 e. The van der Waals surface area contributed by atoms with Crippen LogP contribution in [0.5, 0.6) is 0 Å². The summed E-state index contributed by atoms with van der Waals surface area (Å²) < 4.78 is 14.4. The number of halogens is 1. The van der Waals surface area contributed by atoms with E-state index in [4.69, 9.17) is 4.99 Å². The van der Waals surface area contributed by atoms with E-state index in [9.17, 15) is 4.39 Å². The Kier molecular flexibility index (Phi) is 3.26. The number of aliphatic imine (C=N–C) groups is 2. The molecule has 0 radical (unpaired) electrons. The molecule has 2 heterocycles. The average molecular weight is 307 g/mol. The van der Waals surface area contributed by atoms with Gasteiger partial charge in [-0.3, -0.25) is 9.98 Å². The Balaban J connectivity index is 1.95. The quantitative estimate of drug-likeness (QED) is 0.791. The number of nitrogens with zero attached hydrogens (tertiary/aromatic N) is 3. The SMILES string of the molecule is CC1=NCC2CN=C(c3ccccc3F)c3cc(C)ccc3N12. The Bertz CT molecular complexity index is 838. The smallest absolute Gasteiger partial charge is 0.132 e. The molecule has 4 rings (SSSR count). The Labute approximate surface area is 135 Å². The van der Waals surface area contributed by atoms with Crippen molar-refractivity contribution < 1.29 is 4.39 Å². The Morgan fingerprint density at radius 1 is 1.00 bits per heavy atom. The van der Waals surface area contributed by atoms with Crippen molar-refractivity contribution in [1.82, 2.24) is 0 Å². The Hall–Kier alpha value is -2.49. The van der Waals surface area contributed by atoms with E-state index in [2.05, 4.69) is 28.1 Å². The number of fused-ring (bicyclic) bond motifs is 3. The summed E-state index contributed by atoms with van der Waals surface area (Å²) in [5, 5.41) is 0. The van der Waals surface area contributed by atoms with Crippen molar-refractivity contribution in [2.24, 2.45) is 9.98 Å². The van der Waals surface area contributed by atoms with Crippen molar-refractivity contribution in [2.45, 2.75) is 19.9 Å². The predicted molar refractivity (Wildman–Crippen MR) is 92.3 cm³/mol. The largest absolute Gasteiger partial charge is 0.323 e. The molecule has 0 fully saturated rings. The lowest BCUT2D eigenvalue weighted by Gasteiger charge is -2.26. The molecular formula is C19H18FN3. The zero-order valence-electron chi connectivity index (χ0n) is 13.3. The van der Waals surface area contributed by atoms with Gasteiger partial charge in [-0.05, 0) is 38.1 Å². The first-order valence-corrected chi connectivity index (χ1v) is 7.86. The molecule has 3 nitrogen and oxygen atoms in total. The molecule has 2 aromatic rings. The minimum atomic E-state index is -0.230. The zero-order chi connectivity index (χ0) is 16.0. The van der Waals surface area contributed by atoms with Crippen molar-refractivity contribution in [1.29, 1.82) is 0 Å². The normalized spacial score (nSPS) is 19.6. The molecule has 0 amide bonds. The lowest BCUT2D eigenvalue weighted by atomic mass is 9.98.